The summed E-state index contributed by atoms with van der Waals surface area (Å²) in [6.45, 7) is 9.53. The summed E-state index contributed by atoms with van der Waals surface area (Å²) in [5, 5.41) is 5.23. The molecule has 1 heteroatoms. The first-order chi connectivity index (χ1) is 19.9. The van der Waals surface area contributed by atoms with Crippen LogP contribution in [-0.2, 0) is 10.8 Å². The highest BCUT2D eigenvalue weighted by molar-refractivity contribution is 6.16. The number of hydrogen-bond donors (Lipinski definition) is 0. The fourth-order valence-corrected chi connectivity index (χ4v) is 8.13. The third kappa shape index (κ3) is 2.77. The van der Waals surface area contributed by atoms with Crippen LogP contribution in [-0.4, -0.2) is 4.57 Å². The maximum Gasteiger partial charge on any atom is 0.0622 e. The van der Waals surface area contributed by atoms with Gasteiger partial charge in [-0.05, 0) is 68.4 Å². The zero-order valence-electron chi connectivity index (χ0n) is 23.9. The van der Waals surface area contributed by atoms with Crippen LogP contribution < -0.4 is 0 Å². The topological polar surface area (TPSA) is 4.93 Å². The highest BCUT2D eigenvalue weighted by atomic mass is 15.0. The fraction of sp³-hybridized carbons (Fsp3) is 0.150. The van der Waals surface area contributed by atoms with E-state index in [-0.39, 0.29) is 10.8 Å². The van der Waals surface area contributed by atoms with Crippen LogP contribution in [0.1, 0.15) is 49.9 Å². The van der Waals surface area contributed by atoms with Crippen molar-refractivity contribution in [2.75, 3.05) is 0 Å². The first-order valence-electron chi connectivity index (χ1n) is 14.7. The Hall–Kier alpha value is -4.62. The molecule has 1 heterocycles. The minimum atomic E-state index is -0.0859. The quantitative estimate of drug-likeness (QED) is 0.201. The summed E-state index contributed by atoms with van der Waals surface area (Å²) < 4.78 is 2.58. The van der Waals surface area contributed by atoms with E-state index in [4.69, 9.17) is 0 Å². The molecule has 0 aliphatic heterocycles. The third-order valence-electron chi connectivity index (χ3n) is 10.2. The minimum absolute atomic E-state index is 0.0455. The molecule has 0 N–H and O–H groups in total. The Labute approximate surface area is 240 Å². The summed E-state index contributed by atoms with van der Waals surface area (Å²) in [6, 6.07) is 43.3. The van der Waals surface area contributed by atoms with Crippen molar-refractivity contribution >= 4 is 32.6 Å². The van der Waals surface area contributed by atoms with Gasteiger partial charge in [-0.25, -0.2) is 0 Å². The first kappa shape index (κ1) is 23.1. The molecule has 2 aliphatic rings. The maximum atomic E-state index is 2.58. The van der Waals surface area contributed by atoms with Crippen LogP contribution in [0.4, 0.5) is 0 Å². The van der Waals surface area contributed by atoms with Gasteiger partial charge in [-0.1, -0.05) is 119 Å². The lowest BCUT2D eigenvalue weighted by molar-refractivity contribution is 0.660. The van der Waals surface area contributed by atoms with E-state index in [1.165, 1.54) is 82.8 Å². The number of rotatable bonds is 1. The van der Waals surface area contributed by atoms with Crippen molar-refractivity contribution in [3.8, 4) is 27.9 Å². The summed E-state index contributed by atoms with van der Waals surface area (Å²) >= 11 is 0. The summed E-state index contributed by atoms with van der Waals surface area (Å²) in [6.07, 6.45) is 0. The van der Waals surface area contributed by atoms with E-state index >= 15 is 0 Å². The fourth-order valence-electron chi connectivity index (χ4n) is 8.13. The third-order valence-corrected chi connectivity index (χ3v) is 10.2. The SMILES string of the molecule is CC1(C)c2ccccc2-c2c(-n3c4ccccc4c4ccc5c(c43)-c3cc4ccccc4cc3C5(C)C)cccc21. The molecule has 2 aliphatic carbocycles. The molecule has 0 saturated carbocycles. The summed E-state index contributed by atoms with van der Waals surface area (Å²) in [5.74, 6) is 0. The summed E-state index contributed by atoms with van der Waals surface area (Å²) in [5.41, 5.74) is 14.8. The van der Waals surface area contributed by atoms with Gasteiger partial charge >= 0.3 is 0 Å². The second-order valence-electron chi connectivity index (χ2n) is 13.0. The molecule has 196 valence electrons. The Bertz CT molecular complexity index is 2260. The Morgan fingerprint density at radius 3 is 1.98 bits per heavy atom. The molecule has 41 heavy (non-hydrogen) atoms. The summed E-state index contributed by atoms with van der Waals surface area (Å²) in [4.78, 5) is 0. The molecular weight excluding hydrogens is 494 g/mol. The Morgan fingerprint density at radius 1 is 0.463 bits per heavy atom. The molecule has 1 aromatic heterocycles. The van der Waals surface area contributed by atoms with E-state index in [1.54, 1.807) is 0 Å². The van der Waals surface area contributed by atoms with E-state index in [0.717, 1.165) is 0 Å². The van der Waals surface area contributed by atoms with Crippen molar-refractivity contribution in [2.24, 2.45) is 0 Å². The highest BCUT2D eigenvalue weighted by Crippen LogP contribution is 2.56. The van der Waals surface area contributed by atoms with Gasteiger partial charge in [-0.2, -0.15) is 0 Å². The molecule has 0 spiro atoms. The largest absolute Gasteiger partial charge is 0.308 e. The zero-order valence-corrected chi connectivity index (χ0v) is 23.9. The number of nitrogens with zero attached hydrogens (tertiary/aromatic N) is 1. The van der Waals surface area contributed by atoms with E-state index in [2.05, 4.69) is 148 Å². The van der Waals surface area contributed by atoms with Crippen LogP contribution in [0.2, 0.25) is 0 Å². The molecule has 0 radical (unpaired) electrons. The molecule has 0 unspecified atom stereocenters. The first-order valence-corrected chi connectivity index (χ1v) is 14.7. The van der Waals surface area contributed by atoms with Crippen LogP contribution in [0.3, 0.4) is 0 Å². The smallest absolute Gasteiger partial charge is 0.0622 e. The molecule has 6 aromatic carbocycles. The van der Waals surface area contributed by atoms with Crippen LogP contribution in [0.25, 0.3) is 60.5 Å². The van der Waals surface area contributed by atoms with Crippen LogP contribution in [0.5, 0.6) is 0 Å². The minimum Gasteiger partial charge on any atom is -0.308 e. The van der Waals surface area contributed by atoms with Crippen LogP contribution in [0, 0.1) is 0 Å². The monoisotopic (exact) mass is 525 g/mol. The van der Waals surface area contributed by atoms with Crippen molar-refractivity contribution in [1.82, 2.24) is 4.57 Å². The number of para-hydroxylation sites is 1. The molecule has 0 amide bonds. The van der Waals surface area contributed by atoms with E-state index in [1.807, 2.05) is 0 Å². The normalized spacial score (nSPS) is 15.7. The maximum absolute atomic E-state index is 2.58. The molecule has 0 fully saturated rings. The Balaban J connectivity index is 1.48. The second kappa shape index (κ2) is 7.56. The average molecular weight is 526 g/mol. The zero-order chi connectivity index (χ0) is 27.7. The van der Waals surface area contributed by atoms with Crippen molar-refractivity contribution in [3.05, 3.63) is 138 Å². The van der Waals surface area contributed by atoms with E-state index in [0.29, 0.717) is 0 Å². The van der Waals surface area contributed by atoms with E-state index in [9.17, 15) is 0 Å². The average Bonchev–Trinajstić information content (AvgIpc) is 3.53. The molecule has 0 atom stereocenters. The molecule has 7 aromatic rings. The van der Waals surface area contributed by atoms with Gasteiger partial charge in [0.2, 0.25) is 0 Å². The predicted octanol–water partition coefficient (Wildman–Crippen LogP) is 10.5. The molecule has 1 nitrogen and oxygen atoms in total. The Kier molecular flexibility index (Phi) is 4.26. The second-order valence-corrected chi connectivity index (χ2v) is 13.0. The van der Waals surface area contributed by atoms with Gasteiger partial charge < -0.3 is 4.57 Å². The van der Waals surface area contributed by atoms with Crippen LogP contribution in [0.15, 0.2) is 115 Å². The lowest BCUT2D eigenvalue weighted by atomic mass is 9.81. The molecule has 0 bridgehead atoms. The van der Waals surface area contributed by atoms with Crippen molar-refractivity contribution < 1.29 is 0 Å². The van der Waals surface area contributed by atoms with Crippen molar-refractivity contribution in [3.63, 3.8) is 0 Å². The summed E-state index contributed by atoms with van der Waals surface area (Å²) in [7, 11) is 0. The van der Waals surface area contributed by atoms with Gasteiger partial charge in [-0.15, -0.1) is 0 Å². The van der Waals surface area contributed by atoms with Gasteiger partial charge in [-0.3, -0.25) is 0 Å². The number of hydrogen-bond acceptors (Lipinski definition) is 0. The van der Waals surface area contributed by atoms with Gasteiger partial charge in [0, 0.05) is 32.7 Å². The molecule has 9 rings (SSSR count). The van der Waals surface area contributed by atoms with Gasteiger partial charge in [0.1, 0.15) is 0 Å². The number of benzene rings is 6. The van der Waals surface area contributed by atoms with E-state index < -0.39 is 0 Å². The van der Waals surface area contributed by atoms with Gasteiger partial charge in [0.15, 0.2) is 0 Å². The number of fused-ring (bicyclic) bond motifs is 11. The van der Waals surface area contributed by atoms with Crippen molar-refractivity contribution in [1.29, 1.82) is 0 Å². The lowest BCUT2D eigenvalue weighted by Gasteiger charge is -2.22. The standard InChI is InChI=1S/C40H31N/c1-39(2)30-16-9-7-15-28(30)36-31(39)17-11-19-35(36)41-34-18-10-8-14-26(34)27-20-21-32-37(38(27)41)29-22-24-12-5-6-13-25(24)23-33(29)40(32,3)4/h5-23H,1-4H3. The molecule has 0 saturated heterocycles. The van der Waals surface area contributed by atoms with Crippen LogP contribution >= 0.6 is 0 Å². The van der Waals surface area contributed by atoms with Gasteiger partial charge in [0.05, 0.1) is 16.7 Å². The van der Waals surface area contributed by atoms with Crippen molar-refractivity contribution in [2.45, 2.75) is 38.5 Å². The molecular formula is C40H31N. The number of aromatic nitrogens is 1. The predicted molar refractivity (Wildman–Crippen MR) is 173 cm³/mol. The lowest BCUT2D eigenvalue weighted by Crippen LogP contribution is -2.15. The Morgan fingerprint density at radius 2 is 1.12 bits per heavy atom. The van der Waals surface area contributed by atoms with Gasteiger partial charge in [0.25, 0.3) is 0 Å². The highest BCUT2D eigenvalue weighted by Gasteiger charge is 2.40.